The van der Waals surface area contributed by atoms with Crippen LogP contribution in [0.5, 0.6) is 0 Å². The molecule has 1 unspecified atom stereocenters. The monoisotopic (exact) mass is 195 g/mol. The first-order valence-electron chi connectivity index (χ1n) is 6.27. The molecule has 1 heteroatoms. The summed E-state index contributed by atoms with van der Waals surface area (Å²) >= 11 is 0. The molecule has 14 heavy (non-hydrogen) atoms. The van der Waals surface area contributed by atoms with E-state index >= 15 is 0 Å². The summed E-state index contributed by atoms with van der Waals surface area (Å²) in [6.07, 6.45) is 12.6. The maximum atomic E-state index is 2.70. The Balaban J connectivity index is 2.35. The van der Waals surface area contributed by atoms with Crippen molar-refractivity contribution in [3.05, 3.63) is 12.2 Å². The molecule has 1 nitrogen and oxygen atoms in total. The van der Waals surface area contributed by atoms with Crippen LogP contribution in [0.25, 0.3) is 0 Å². The molecule has 0 radical (unpaired) electrons. The van der Waals surface area contributed by atoms with E-state index in [0.717, 1.165) is 6.04 Å². The molecule has 1 atom stereocenters. The third-order valence-corrected chi connectivity index (χ3v) is 3.07. The summed E-state index contributed by atoms with van der Waals surface area (Å²) in [4.78, 5) is 2.70. The highest BCUT2D eigenvalue weighted by molar-refractivity contribution is 4.93. The normalized spacial score (nSPS) is 21.8. The summed E-state index contributed by atoms with van der Waals surface area (Å²) in [5.74, 6) is 0. The molecule has 0 aromatic rings. The van der Waals surface area contributed by atoms with Crippen LogP contribution >= 0.6 is 0 Å². The predicted molar refractivity (Wildman–Crippen MR) is 63.6 cm³/mol. The quantitative estimate of drug-likeness (QED) is 0.585. The Hall–Kier alpha value is -0.300. The van der Waals surface area contributed by atoms with Gasteiger partial charge in [-0.1, -0.05) is 32.4 Å². The highest BCUT2D eigenvalue weighted by Gasteiger charge is 2.16. The minimum absolute atomic E-state index is 0.839. The number of nitrogens with zero attached hydrogens (tertiary/aromatic N) is 1. The maximum Gasteiger partial charge on any atom is 0.0133 e. The average molecular weight is 195 g/mol. The van der Waals surface area contributed by atoms with Crippen LogP contribution in [0.4, 0.5) is 0 Å². The third kappa shape index (κ3) is 3.83. The zero-order valence-corrected chi connectivity index (χ0v) is 9.84. The first-order valence-corrected chi connectivity index (χ1v) is 6.27. The van der Waals surface area contributed by atoms with Gasteiger partial charge in [0.25, 0.3) is 0 Å². The van der Waals surface area contributed by atoms with E-state index in [9.17, 15) is 0 Å². The second-order valence-electron chi connectivity index (χ2n) is 4.33. The zero-order chi connectivity index (χ0) is 10.2. The minimum Gasteiger partial charge on any atom is -0.300 e. The van der Waals surface area contributed by atoms with Gasteiger partial charge in [0.2, 0.25) is 0 Å². The fraction of sp³-hybridized carbons (Fsp3) is 0.846. The van der Waals surface area contributed by atoms with Crippen molar-refractivity contribution in [1.82, 2.24) is 4.90 Å². The van der Waals surface area contributed by atoms with Gasteiger partial charge in [0.1, 0.15) is 0 Å². The number of unbranched alkanes of at least 4 members (excludes halogenated alkanes) is 1. The standard InChI is InChI=1S/C13H25N/c1-3-5-12-14(11-4-2)13-9-7-6-8-10-13/h6-7,13H,3-5,8-12H2,1-2H3. The molecular weight excluding hydrogens is 170 g/mol. The fourth-order valence-electron chi connectivity index (χ4n) is 2.23. The van der Waals surface area contributed by atoms with Gasteiger partial charge in [0.15, 0.2) is 0 Å². The van der Waals surface area contributed by atoms with Gasteiger partial charge < -0.3 is 4.90 Å². The topological polar surface area (TPSA) is 3.24 Å². The highest BCUT2D eigenvalue weighted by atomic mass is 15.1. The Morgan fingerprint density at radius 1 is 1.14 bits per heavy atom. The Morgan fingerprint density at radius 3 is 2.57 bits per heavy atom. The smallest absolute Gasteiger partial charge is 0.0133 e. The first kappa shape index (κ1) is 11.8. The minimum atomic E-state index is 0.839. The maximum absolute atomic E-state index is 2.70. The van der Waals surface area contributed by atoms with Crippen molar-refractivity contribution in [3.8, 4) is 0 Å². The molecule has 0 aromatic carbocycles. The van der Waals surface area contributed by atoms with E-state index in [0.29, 0.717) is 0 Å². The van der Waals surface area contributed by atoms with Crippen LogP contribution in [0.15, 0.2) is 12.2 Å². The molecule has 1 aliphatic rings. The van der Waals surface area contributed by atoms with Crippen molar-refractivity contribution >= 4 is 0 Å². The van der Waals surface area contributed by atoms with Crippen LogP contribution in [0.2, 0.25) is 0 Å². The summed E-state index contributed by atoms with van der Waals surface area (Å²) in [6.45, 7) is 7.17. The van der Waals surface area contributed by atoms with Crippen LogP contribution in [0.1, 0.15) is 52.4 Å². The Kier molecular flexibility index (Phi) is 5.93. The van der Waals surface area contributed by atoms with Crippen LogP contribution in [0.3, 0.4) is 0 Å². The molecule has 0 saturated carbocycles. The number of hydrogen-bond acceptors (Lipinski definition) is 1. The van der Waals surface area contributed by atoms with Crippen molar-refractivity contribution in [2.45, 2.75) is 58.4 Å². The van der Waals surface area contributed by atoms with Crippen LogP contribution in [0, 0.1) is 0 Å². The van der Waals surface area contributed by atoms with Crippen LogP contribution in [-0.2, 0) is 0 Å². The fourth-order valence-corrected chi connectivity index (χ4v) is 2.23. The lowest BCUT2D eigenvalue weighted by Gasteiger charge is -2.32. The number of rotatable bonds is 6. The molecule has 0 bridgehead atoms. The molecule has 82 valence electrons. The van der Waals surface area contributed by atoms with Crippen LogP contribution < -0.4 is 0 Å². The molecule has 0 amide bonds. The third-order valence-electron chi connectivity index (χ3n) is 3.07. The summed E-state index contributed by atoms with van der Waals surface area (Å²) in [5, 5.41) is 0. The van der Waals surface area contributed by atoms with Gasteiger partial charge in [-0.25, -0.2) is 0 Å². The first-order chi connectivity index (χ1) is 6.88. The highest BCUT2D eigenvalue weighted by Crippen LogP contribution is 2.18. The van der Waals surface area contributed by atoms with Crippen molar-refractivity contribution in [2.75, 3.05) is 13.1 Å². The van der Waals surface area contributed by atoms with Gasteiger partial charge in [-0.3, -0.25) is 0 Å². The van der Waals surface area contributed by atoms with E-state index in [1.807, 2.05) is 0 Å². The molecule has 0 fully saturated rings. The van der Waals surface area contributed by atoms with Gasteiger partial charge >= 0.3 is 0 Å². The molecule has 0 saturated heterocycles. The second kappa shape index (κ2) is 7.05. The van der Waals surface area contributed by atoms with E-state index in [4.69, 9.17) is 0 Å². The largest absolute Gasteiger partial charge is 0.300 e. The van der Waals surface area contributed by atoms with E-state index in [-0.39, 0.29) is 0 Å². The molecule has 0 heterocycles. The molecule has 1 aliphatic carbocycles. The molecule has 0 spiro atoms. The van der Waals surface area contributed by atoms with E-state index in [1.54, 1.807) is 0 Å². The van der Waals surface area contributed by atoms with Crippen molar-refractivity contribution in [3.63, 3.8) is 0 Å². The van der Waals surface area contributed by atoms with E-state index in [1.165, 1.54) is 51.6 Å². The van der Waals surface area contributed by atoms with Gasteiger partial charge in [0.05, 0.1) is 0 Å². The van der Waals surface area contributed by atoms with Gasteiger partial charge in [-0.2, -0.15) is 0 Å². The van der Waals surface area contributed by atoms with Crippen LogP contribution in [-0.4, -0.2) is 24.0 Å². The number of hydrogen-bond donors (Lipinski definition) is 0. The average Bonchev–Trinajstić information content (AvgIpc) is 2.25. The second-order valence-corrected chi connectivity index (χ2v) is 4.33. The Bertz CT molecular complexity index is 163. The molecule has 0 aliphatic heterocycles. The van der Waals surface area contributed by atoms with Crippen molar-refractivity contribution < 1.29 is 0 Å². The van der Waals surface area contributed by atoms with Crippen molar-refractivity contribution in [2.24, 2.45) is 0 Å². The summed E-state index contributed by atoms with van der Waals surface area (Å²) in [6, 6.07) is 0.839. The lowest BCUT2D eigenvalue weighted by molar-refractivity contribution is 0.182. The van der Waals surface area contributed by atoms with E-state index in [2.05, 4.69) is 30.9 Å². The lowest BCUT2D eigenvalue weighted by atomic mass is 10.00. The SMILES string of the molecule is CCCCN(CCC)C1CC=CCC1. The van der Waals surface area contributed by atoms with E-state index < -0.39 is 0 Å². The predicted octanol–water partition coefficient (Wildman–Crippen LogP) is 3.61. The zero-order valence-electron chi connectivity index (χ0n) is 9.84. The Morgan fingerprint density at radius 2 is 2.00 bits per heavy atom. The molecule has 0 N–H and O–H groups in total. The van der Waals surface area contributed by atoms with Crippen molar-refractivity contribution in [1.29, 1.82) is 0 Å². The molecular formula is C13H25N. The van der Waals surface area contributed by atoms with Gasteiger partial charge in [-0.15, -0.1) is 0 Å². The van der Waals surface area contributed by atoms with Gasteiger partial charge in [0, 0.05) is 6.04 Å². The summed E-state index contributed by atoms with van der Waals surface area (Å²) < 4.78 is 0. The molecule has 1 rings (SSSR count). The Labute approximate surface area is 89.2 Å². The molecule has 0 aromatic heterocycles. The summed E-state index contributed by atoms with van der Waals surface area (Å²) in [5.41, 5.74) is 0. The van der Waals surface area contributed by atoms with Gasteiger partial charge in [-0.05, 0) is 45.2 Å². The number of allylic oxidation sites excluding steroid dienone is 1. The lowest BCUT2D eigenvalue weighted by Crippen LogP contribution is -2.37. The summed E-state index contributed by atoms with van der Waals surface area (Å²) in [7, 11) is 0.